The zero-order chi connectivity index (χ0) is 14.0. The first-order valence-electron chi connectivity index (χ1n) is 6.11. The number of rotatable bonds is 4. The van der Waals surface area contributed by atoms with E-state index in [9.17, 15) is 9.59 Å². The van der Waals surface area contributed by atoms with E-state index in [1.807, 2.05) is 6.07 Å². The highest BCUT2D eigenvalue weighted by Gasteiger charge is 2.25. The van der Waals surface area contributed by atoms with Gasteiger partial charge < -0.3 is 21.5 Å². The molecule has 1 aliphatic heterocycles. The van der Waals surface area contributed by atoms with Crippen LogP contribution in [0.1, 0.15) is 23.6 Å². The van der Waals surface area contributed by atoms with E-state index in [1.165, 1.54) is 0 Å². The number of benzene rings is 1. The third-order valence-corrected chi connectivity index (χ3v) is 3.35. The largest absolute Gasteiger partial charge is 0.480 e. The number of likely N-dealkylation sites (N-methyl/N-ethyl adjacent to an activating group) is 1. The van der Waals surface area contributed by atoms with Gasteiger partial charge in [0.15, 0.2) is 0 Å². The topological polar surface area (TPSA) is 104 Å². The van der Waals surface area contributed by atoms with Gasteiger partial charge in [-0.3, -0.25) is 9.59 Å². The van der Waals surface area contributed by atoms with Gasteiger partial charge in [-0.05, 0) is 30.7 Å². The summed E-state index contributed by atoms with van der Waals surface area (Å²) in [5.41, 5.74) is 8.50. The average Bonchev–Trinajstić information content (AvgIpc) is 2.38. The lowest BCUT2D eigenvalue weighted by Gasteiger charge is -2.23. The van der Waals surface area contributed by atoms with Crippen molar-refractivity contribution < 1.29 is 14.7 Å². The van der Waals surface area contributed by atoms with Gasteiger partial charge in [-0.2, -0.15) is 0 Å². The molecule has 1 aromatic rings. The summed E-state index contributed by atoms with van der Waals surface area (Å²) < 4.78 is 0. The first-order chi connectivity index (χ1) is 9.02. The Bertz CT molecular complexity index is 516. The van der Waals surface area contributed by atoms with Gasteiger partial charge in [0, 0.05) is 12.1 Å². The van der Waals surface area contributed by atoms with Crippen LogP contribution in [0.2, 0.25) is 0 Å². The molecule has 1 amide bonds. The fraction of sp³-hybridized carbons (Fsp3) is 0.385. The van der Waals surface area contributed by atoms with E-state index in [1.54, 1.807) is 19.2 Å². The molecule has 0 aliphatic carbocycles. The highest BCUT2D eigenvalue weighted by molar-refractivity contribution is 5.93. The van der Waals surface area contributed by atoms with Crippen molar-refractivity contribution in [3.63, 3.8) is 0 Å². The Morgan fingerprint density at radius 3 is 2.84 bits per heavy atom. The van der Waals surface area contributed by atoms with Crippen LogP contribution in [0.25, 0.3) is 0 Å². The van der Waals surface area contributed by atoms with Gasteiger partial charge in [-0.25, -0.2) is 0 Å². The van der Waals surface area contributed by atoms with E-state index < -0.39 is 18.1 Å². The number of carbonyl (C=O) groups is 2. The van der Waals surface area contributed by atoms with Crippen molar-refractivity contribution in [1.29, 1.82) is 0 Å². The third kappa shape index (κ3) is 2.74. The highest BCUT2D eigenvalue weighted by Crippen LogP contribution is 2.26. The lowest BCUT2D eigenvalue weighted by atomic mass is 9.94. The van der Waals surface area contributed by atoms with Crippen LogP contribution in [0.3, 0.4) is 0 Å². The van der Waals surface area contributed by atoms with Gasteiger partial charge in [0.1, 0.15) is 6.04 Å². The second-order valence-corrected chi connectivity index (χ2v) is 4.60. The van der Waals surface area contributed by atoms with E-state index in [-0.39, 0.29) is 5.91 Å². The second kappa shape index (κ2) is 5.38. The maximum Gasteiger partial charge on any atom is 0.322 e. The summed E-state index contributed by atoms with van der Waals surface area (Å²) in [6, 6.07) is 3.92. The quantitative estimate of drug-likeness (QED) is 0.623. The molecule has 0 radical (unpaired) electrons. The minimum Gasteiger partial charge on any atom is -0.480 e. The van der Waals surface area contributed by atoms with Crippen LogP contribution in [0.5, 0.6) is 0 Å². The van der Waals surface area contributed by atoms with Gasteiger partial charge in [0.25, 0.3) is 0 Å². The molecule has 6 heteroatoms. The molecule has 5 N–H and O–H groups in total. The number of carbonyl (C=O) groups excluding carboxylic acids is 1. The number of carboxylic acids is 1. The van der Waals surface area contributed by atoms with Crippen molar-refractivity contribution in [2.75, 3.05) is 12.4 Å². The van der Waals surface area contributed by atoms with E-state index in [0.717, 1.165) is 16.8 Å². The Morgan fingerprint density at radius 1 is 1.47 bits per heavy atom. The molecule has 0 aromatic heterocycles. The molecule has 6 nitrogen and oxygen atoms in total. The Kier molecular flexibility index (Phi) is 3.82. The van der Waals surface area contributed by atoms with Gasteiger partial charge in [-0.15, -0.1) is 0 Å². The van der Waals surface area contributed by atoms with E-state index in [0.29, 0.717) is 12.8 Å². The van der Waals surface area contributed by atoms with Crippen LogP contribution < -0.4 is 16.4 Å². The Morgan fingerprint density at radius 2 is 2.21 bits per heavy atom. The van der Waals surface area contributed by atoms with Crippen LogP contribution in [0.15, 0.2) is 18.2 Å². The van der Waals surface area contributed by atoms with E-state index in [4.69, 9.17) is 10.8 Å². The van der Waals surface area contributed by atoms with Crippen molar-refractivity contribution in [3.8, 4) is 0 Å². The van der Waals surface area contributed by atoms with Crippen LogP contribution in [-0.4, -0.2) is 30.1 Å². The predicted octanol–water partition coefficient (Wildman–Crippen LogP) is 0.244. The summed E-state index contributed by atoms with van der Waals surface area (Å²) in [6.07, 6.45) is 1.10. The number of aliphatic carboxylic acids is 1. The molecule has 2 unspecified atom stereocenters. The van der Waals surface area contributed by atoms with Gasteiger partial charge in [0.05, 0.1) is 6.04 Å². The number of hydrogen-bond donors (Lipinski definition) is 4. The summed E-state index contributed by atoms with van der Waals surface area (Å²) in [6.45, 7) is 0. The van der Waals surface area contributed by atoms with Gasteiger partial charge >= 0.3 is 5.97 Å². The minimum absolute atomic E-state index is 0.00295. The summed E-state index contributed by atoms with van der Waals surface area (Å²) >= 11 is 0. The van der Waals surface area contributed by atoms with Crippen molar-refractivity contribution in [2.45, 2.75) is 24.9 Å². The number of hydrogen-bond acceptors (Lipinski definition) is 4. The first kappa shape index (κ1) is 13.5. The SMILES string of the molecule is CNC(C(=O)O)C(N)c1ccc2c(c1)CCC(=O)N2. The van der Waals surface area contributed by atoms with Crippen molar-refractivity contribution in [1.82, 2.24) is 5.32 Å². The minimum atomic E-state index is -0.985. The fourth-order valence-electron chi connectivity index (χ4n) is 2.26. The zero-order valence-electron chi connectivity index (χ0n) is 10.6. The lowest BCUT2D eigenvalue weighted by molar-refractivity contribution is -0.139. The number of anilines is 1. The molecule has 0 saturated heterocycles. The maximum absolute atomic E-state index is 11.3. The summed E-state index contributed by atoms with van der Waals surface area (Å²) in [5, 5.41) is 14.6. The zero-order valence-corrected chi connectivity index (χ0v) is 10.6. The molecule has 1 aliphatic rings. The molecule has 0 spiro atoms. The number of aryl methyl sites for hydroxylation is 1. The number of nitrogens with one attached hydrogen (secondary N) is 2. The number of amides is 1. The maximum atomic E-state index is 11.3. The van der Waals surface area contributed by atoms with Crippen molar-refractivity contribution in [3.05, 3.63) is 29.3 Å². The van der Waals surface area contributed by atoms with Crippen molar-refractivity contribution in [2.24, 2.45) is 5.73 Å². The molecule has 0 fully saturated rings. The summed E-state index contributed by atoms with van der Waals surface area (Å²) in [5.74, 6) is -0.982. The molecule has 1 aromatic carbocycles. The molecule has 102 valence electrons. The third-order valence-electron chi connectivity index (χ3n) is 3.35. The highest BCUT2D eigenvalue weighted by atomic mass is 16.4. The average molecular weight is 263 g/mol. The smallest absolute Gasteiger partial charge is 0.322 e. The molecule has 0 bridgehead atoms. The molecule has 2 rings (SSSR count). The Hall–Kier alpha value is -1.92. The Labute approximate surface area is 111 Å². The van der Waals surface area contributed by atoms with E-state index in [2.05, 4.69) is 10.6 Å². The molecule has 0 saturated carbocycles. The van der Waals surface area contributed by atoms with Crippen molar-refractivity contribution >= 4 is 17.6 Å². The lowest BCUT2D eigenvalue weighted by Crippen LogP contribution is -2.43. The summed E-state index contributed by atoms with van der Waals surface area (Å²) in [7, 11) is 1.57. The Balaban J connectivity index is 2.26. The van der Waals surface area contributed by atoms with E-state index >= 15 is 0 Å². The molecular weight excluding hydrogens is 246 g/mol. The second-order valence-electron chi connectivity index (χ2n) is 4.60. The normalized spacial score (nSPS) is 17.3. The predicted molar refractivity (Wildman–Crippen MR) is 70.8 cm³/mol. The van der Waals surface area contributed by atoms with Crippen LogP contribution in [-0.2, 0) is 16.0 Å². The van der Waals surface area contributed by atoms with Crippen LogP contribution in [0, 0.1) is 0 Å². The molecule has 2 atom stereocenters. The molecule has 1 heterocycles. The van der Waals surface area contributed by atoms with Gasteiger partial charge in [0.2, 0.25) is 5.91 Å². The number of fused-ring (bicyclic) bond motifs is 1. The fourth-order valence-corrected chi connectivity index (χ4v) is 2.26. The van der Waals surface area contributed by atoms with Crippen LogP contribution >= 0.6 is 0 Å². The number of carboxylic acid groups (broad SMARTS) is 1. The summed E-state index contributed by atoms with van der Waals surface area (Å²) in [4.78, 5) is 22.3. The standard InChI is InChI=1S/C13H17N3O3/c1-15-12(13(18)19)11(14)8-2-4-9-7(6-8)3-5-10(17)16-9/h2,4,6,11-12,15H,3,5,14H2,1H3,(H,16,17)(H,18,19). The van der Waals surface area contributed by atoms with Crippen LogP contribution in [0.4, 0.5) is 5.69 Å². The number of nitrogens with two attached hydrogens (primary N) is 1. The molecular formula is C13H17N3O3. The molecule has 19 heavy (non-hydrogen) atoms. The monoisotopic (exact) mass is 263 g/mol. The van der Waals surface area contributed by atoms with Gasteiger partial charge in [-0.1, -0.05) is 12.1 Å². The first-order valence-corrected chi connectivity index (χ1v) is 6.11.